The zero-order chi connectivity index (χ0) is 17.9. The van der Waals surface area contributed by atoms with Crippen LogP contribution in [0.25, 0.3) is 0 Å². The summed E-state index contributed by atoms with van der Waals surface area (Å²) < 4.78 is 43.6. The van der Waals surface area contributed by atoms with Crippen molar-refractivity contribution in [2.24, 2.45) is 0 Å². The third-order valence-electron chi connectivity index (χ3n) is 4.18. The minimum absolute atomic E-state index is 0.279. The number of nitrogens with zero attached hydrogens (tertiary/aromatic N) is 2. The molecule has 0 bridgehead atoms. The van der Waals surface area contributed by atoms with Crippen molar-refractivity contribution in [3.63, 3.8) is 0 Å². The van der Waals surface area contributed by atoms with Crippen molar-refractivity contribution >= 4 is 15.7 Å². The number of hydrogen-bond donors (Lipinski definition) is 0. The van der Waals surface area contributed by atoms with E-state index in [9.17, 15) is 12.8 Å². The molecular weight excluding hydrogens is 343 g/mol. The fraction of sp³-hybridized carbons (Fsp3) is 0.333. The van der Waals surface area contributed by atoms with Gasteiger partial charge in [-0.2, -0.15) is 4.31 Å². The molecule has 1 fully saturated rings. The third-order valence-corrected chi connectivity index (χ3v) is 5.49. The number of benzene rings is 2. The molecule has 1 saturated heterocycles. The molecule has 0 aliphatic carbocycles. The lowest BCUT2D eigenvalue weighted by atomic mass is 10.2. The highest BCUT2D eigenvalue weighted by Gasteiger charge is 2.23. The summed E-state index contributed by atoms with van der Waals surface area (Å²) in [6, 6.07) is 14.0. The number of rotatable bonds is 5. The zero-order valence-electron chi connectivity index (χ0n) is 14.1. The van der Waals surface area contributed by atoms with Crippen molar-refractivity contribution in [3.8, 4) is 5.75 Å². The van der Waals surface area contributed by atoms with E-state index in [1.54, 1.807) is 6.07 Å². The van der Waals surface area contributed by atoms with Crippen LogP contribution in [0.2, 0.25) is 0 Å². The van der Waals surface area contributed by atoms with Gasteiger partial charge in [0, 0.05) is 37.9 Å². The highest BCUT2D eigenvalue weighted by molar-refractivity contribution is 7.88. The van der Waals surface area contributed by atoms with Gasteiger partial charge in [-0.05, 0) is 29.8 Å². The molecule has 7 heteroatoms. The Morgan fingerprint density at radius 3 is 2.44 bits per heavy atom. The van der Waals surface area contributed by atoms with Gasteiger partial charge < -0.3 is 9.64 Å². The third kappa shape index (κ3) is 4.70. The average molecular weight is 364 g/mol. The summed E-state index contributed by atoms with van der Waals surface area (Å²) in [5, 5.41) is 0. The number of piperazine rings is 1. The SMILES string of the molecule is CS(=O)(=O)N1CCN(c2cccc(OCc3cccc(F)c3)c2)CC1. The largest absolute Gasteiger partial charge is 0.489 e. The van der Waals surface area contributed by atoms with E-state index in [-0.39, 0.29) is 5.82 Å². The standard InChI is InChI=1S/C18H21FN2O3S/c1-25(22,23)21-10-8-20(9-11-21)17-6-3-7-18(13-17)24-14-15-4-2-5-16(19)12-15/h2-7,12-13H,8-11,14H2,1H3. The molecule has 0 atom stereocenters. The Bertz CT molecular complexity index is 834. The van der Waals surface area contributed by atoms with Gasteiger partial charge in [-0.25, -0.2) is 12.8 Å². The molecule has 0 N–H and O–H groups in total. The van der Waals surface area contributed by atoms with Crippen LogP contribution in [0.3, 0.4) is 0 Å². The van der Waals surface area contributed by atoms with Gasteiger partial charge in [0.25, 0.3) is 0 Å². The molecular formula is C18H21FN2O3S. The number of anilines is 1. The van der Waals surface area contributed by atoms with Crippen LogP contribution < -0.4 is 9.64 Å². The fourth-order valence-corrected chi connectivity index (χ4v) is 3.67. The maximum Gasteiger partial charge on any atom is 0.211 e. The Balaban J connectivity index is 1.62. The van der Waals surface area contributed by atoms with E-state index in [2.05, 4.69) is 4.90 Å². The molecule has 5 nitrogen and oxygen atoms in total. The van der Waals surface area contributed by atoms with E-state index < -0.39 is 10.0 Å². The van der Waals surface area contributed by atoms with Crippen LogP contribution in [0, 0.1) is 5.82 Å². The second kappa shape index (κ2) is 7.41. The van der Waals surface area contributed by atoms with E-state index in [1.165, 1.54) is 22.7 Å². The fourth-order valence-electron chi connectivity index (χ4n) is 2.84. The number of hydrogen-bond acceptors (Lipinski definition) is 4. The quantitative estimate of drug-likeness (QED) is 0.818. The van der Waals surface area contributed by atoms with Crippen molar-refractivity contribution < 1.29 is 17.5 Å². The highest BCUT2D eigenvalue weighted by atomic mass is 32.2. The van der Waals surface area contributed by atoms with Gasteiger partial charge in [-0.1, -0.05) is 18.2 Å². The number of sulfonamides is 1. The Morgan fingerprint density at radius 1 is 1.04 bits per heavy atom. The van der Waals surface area contributed by atoms with Crippen molar-refractivity contribution in [2.45, 2.75) is 6.61 Å². The van der Waals surface area contributed by atoms with Crippen molar-refractivity contribution in [1.82, 2.24) is 4.31 Å². The molecule has 0 spiro atoms. The molecule has 3 rings (SSSR count). The minimum atomic E-state index is -3.13. The summed E-state index contributed by atoms with van der Waals surface area (Å²) in [5.74, 6) is 0.422. The summed E-state index contributed by atoms with van der Waals surface area (Å²) in [5.41, 5.74) is 1.76. The van der Waals surface area contributed by atoms with Crippen LogP contribution in [0.1, 0.15) is 5.56 Å². The van der Waals surface area contributed by atoms with Crippen molar-refractivity contribution in [1.29, 1.82) is 0 Å². The molecule has 2 aromatic carbocycles. The molecule has 25 heavy (non-hydrogen) atoms. The van der Waals surface area contributed by atoms with Crippen LogP contribution in [0.4, 0.5) is 10.1 Å². The maximum atomic E-state index is 13.2. The molecule has 2 aromatic rings. The van der Waals surface area contributed by atoms with Crippen molar-refractivity contribution in [3.05, 3.63) is 59.9 Å². The molecule has 0 amide bonds. The van der Waals surface area contributed by atoms with Crippen molar-refractivity contribution in [2.75, 3.05) is 37.3 Å². The predicted octanol–water partition coefficient (Wildman–Crippen LogP) is 2.49. The van der Waals surface area contributed by atoms with Crippen LogP contribution in [0.15, 0.2) is 48.5 Å². The molecule has 1 heterocycles. The summed E-state index contributed by atoms with van der Waals surface area (Å²) >= 11 is 0. The normalized spacial score (nSPS) is 16.0. The van der Waals surface area contributed by atoms with Gasteiger partial charge in [-0.3, -0.25) is 0 Å². The predicted molar refractivity (Wildman–Crippen MR) is 95.8 cm³/mol. The lowest BCUT2D eigenvalue weighted by Gasteiger charge is -2.34. The van der Waals surface area contributed by atoms with Crippen LogP contribution in [-0.4, -0.2) is 45.2 Å². The van der Waals surface area contributed by atoms with Gasteiger partial charge in [0.2, 0.25) is 10.0 Å². The summed E-state index contributed by atoms with van der Waals surface area (Å²) in [6.45, 7) is 2.53. The van der Waals surface area contributed by atoms with E-state index in [4.69, 9.17) is 4.74 Å². The Kier molecular flexibility index (Phi) is 5.24. The van der Waals surface area contributed by atoms with Gasteiger partial charge in [-0.15, -0.1) is 0 Å². The first-order valence-corrected chi connectivity index (χ1v) is 9.94. The highest BCUT2D eigenvalue weighted by Crippen LogP contribution is 2.23. The topological polar surface area (TPSA) is 49.9 Å². The van der Waals surface area contributed by atoms with Crippen LogP contribution in [-0.2, 0) is 16.6 Å². The average Bonchev–Trinajstić information content (AvgIpc) is 2.60. The lowest BCUT2D eigenvalue weighted by molar-refractivity contribution is 0.305. The first-order chi connectivity index (χ1) is 11.9. The zero-order valence-corrected chi connectivity index (χ0v) is 14.9. The van der Waals surface area contributed by atoms with Gasteiger partial charge in [0.1, 0.15) is 18.2 Å². The molecule has 0 unspecified atom stereocenters. The summed E-state index contributed by atoms with van der Waals surface area (Å²) in [4.78, 5) is 2.14. The summed E-state index contributed by atoms with van der Waals surface area (Å²) in [6.07, 6.45) is 1.24. The first-order valence-electron chi connectivity index (χ1n) is 8.09. The van der Waals surface area contributed by atoms with E-state index in [0.717, 1.165) is 11.3 Å². The second-order valence-corrected chi connectivity index (χ2v) is 8.05. The molecule has 0 radical (unpaired) electrons. The monoisotopic (exact) mass is 364 g/mol. The van der Waals surface area contributed by atoms with Crippen LogP contribution >= 0.6 is 0 Å². The molecule has 0 saturated carbocycles. The van der Waals surface area contributed by atoms with E-state index in [0.29, 0.717) is 38.5 Å². The molecule has 1 aliphatic heterocycles. The lowest BCUT2D eigenvalue weighted by Crippen LogP contribution is -2.48. The van der Waals surface area contributed by atoms with Gasteiger partial charge in [0.15, 0.2) is 0 Å². The Morgan fingerprint density at radius 2 is 1.76 bits per heavy atom. The number of ether oxygens (including phenoxy) is 1. The van der Waals surface area contributed by atoms with E-state index >= 15 is 0 Å². The molecule has 0 aromatic heterocycles. The Hall–Kier alpha value is -2.12. The maximum absolute atomic E-state index is 13.2. The smallest absolute Gasteiger partial charge is 0.211 e. The molecule has 134 valence electrons. The minimum Gasteiger partial charge on any atom is -0.489 e. The second-order valence-electron chi connectivity index (χ2n) is 6.07. The van der Waals surface area contributed by atoms with Gasteiger partial charge >= 0.3 is 0 Å². The van der Waals surface area contributed by atoms with Gasteiger partial charge in [0.05, 0.1) is 6.26 Å². The van der Waals surface area contributed by atoms with Crippen LogP contribution in [0.5, 0.6) is 5.75 Å². The Labute approximate surface area is 147 Å². The molecule has 1 aliphatic rings. The van der Waals surface area contributed by atoms with E-state index in [1.807, 2.05) is 30.3 Å². The first kappa shape index (κ1) is 17.7. The summed E-state index contributed by atoms with van der Waals surface area (Å²) in [7, 11) is -3.13. The number of halogens is 1.